The Morgan fingerprint density at radius 2 is 1.96 bits per heavy atom. The first-order valence-corrected chi connectivity index (χ1v) is 8.77. The second-order valence-corrected chi connectivity index (χ2v) is 7.45. The van der Waals surface area contributed by atoms with Gasteiger partial charge in [0.05, 0.1) is 4.90 Å². The minimum absolute atomic E-state index is 0.0350. The lowest BCUT2D eigenvalue weighted by molar-refractivity contribution is -0.110. The molecule has 3 rings (SSSR count). The highest BCUT2D eigenvalue weighted by molar-refractivity contribution is 7.89. The monoisotopic (exact) mass is 364 g/mol. The van der Waals surface area contributed by atoms with E-state index in [1.165, 1.54) is 49.5 Å². The fraction of sp³-hybridized carbons (Fsp3) is 0.0625. The third kappa shape index (κ3) is 2.89. The Kier molecular flexibility index (Phi) is 4.08. The highest BCUT2D eigenvalue weighted by Crippen LogP contribution is 2.36. The van der Waals surface area contributed by atoms with Crippen LogP contribution in [0.15, 0.2) is 41.3 Å². The molecule has 2 aromatic rings. The van der Waals surface area contributed by atoms with Crippen LogP contribution in [0.25, 0.3) is 11.6 Å². The lowest BCUT2D eigenvalue weighted by atomic mass is 10.0. The number of hydrogen-bond donors (Lipinski definition) is 3. The van der Waals surface area contributed by atoms with Crippen LogP contribution in [0.3, 0.4) is 0 Å². The zero-order valence-electron chi connectivity index (χ0n) is 12.5. The molecule has 0 saturated carbocycles. The summed E-state index contributed by atoms with van der Waals surface area (Å²) in [7, 11) is -2.32. The molecule has 2 aromatic carbocycles. The second kappa shape index (κ2) is 5.94. The number of benzene rings is 2. The molecule has 0 bridgehead atoms. The number of halogens is 1. The molecule has 1 aliphatic heterocycles. The van der Waals surface area contributed by atoms with Crippen LogP contribution in [0.5, 0.6) is 5.75 Å². The highest BCUT2D eigenvalue weighted by atomic mass is 35.5. The lowest BCUT2D eigenvalue weighted by Gasteiger charge is -2.05. The first-order chi connectivity index (χ1) is 11.3. The summed E-state index contributed by atoms with van der Waals surface area (Å²) < 4.78 is 26.1. The number of anilines is 1. The Hall–Kier alpha value is -2.35. The minimum Gasteiger partial charge on any atom is -0.507 e. The number of carbonyl (C=O) groups excluding carboxylic acids is 1. The molecule has 6 nitrogen and oxygen atoms in total. The van der Waals surface area contributed by atoms with Crippen molar-refractivity contribution in [3.05, 3.63) is 52.5 Å². The van der Waals surface area contributed by atoms with E-state index in [0.29, 0.717) is 21.8 Å². The van der Waals surface area contributed by atoms with Crippen molar-refractivity contribution in [1.29, 1.82) is 0 Å². The number of carbonyl (C=O) groups is 1. The van der Waals surface area contributed by atoms with E-state index in [-0.39, 0.29) is 22.1 Å². The Morgan fingerprint density at radius 1 is 1.21 bits per heavy atom. The molecule has 0 radical (unpaired) electrons. The van der Waals surface area contributed by atoms with Gasteiger partial charge in [0.15, 0.2) is 0 Å². The minimum atomic E-state index is -3.64. The molecule has 24 heavy (non-hydrogen) atoms. The zero-order chi connectivity index (χ0) is 17.5. The third-order valence-corrected chi connectivity index (χ3v) is 5.29. The zero-order valence-corrected chi connectivity index (χ0v) is 14.1. The van der Waals surface area contributed by atoms with Crippen molar-refractivity contribution in [3.63, 3.8) is 0 Å². The van der Waals surface area contributed by atoms with Crippen molar-refractivity contribution >= 4 is 44.9 Å². The van der Waals surface area contributed by atoms with E-state index in [0.717, 1.165) is 0 Å². The summed E-state index contributed by atoms with van der Waals surface area (Å²) in [4.78, 5) is 12.2. The number of aromatic hydroxyl groups is 1. The molecule has 3 N–H and O–H groups in total. The standard InChI is InChI=1S/C16H13ClN2O4S/c1-18-24(22,23)11-3-4-14-12(8-11)13(16(21)19-14)7-9-6-10(17)2-5-15(9)20/h2-8,18,20H,1H3,(H,19,21). The quantitative estimate of drug-likeness (QED) is 0.729. The van der Waals surface area contributed by atoms with E-state index < -0.39 is 10.0 Å². The van der Waals surface area contributed by atoms with Gasteiger partial charge >= 0.3 is 0 Å². The summed E-state index contributed by atoms with van der Waals surface area (Å²) in [5, 5.41) is 13.0. The van der Waals surface area contributed by atoms with E-state index in [4.69, 9.17) is 11.6 Å². The van der Waals surface area contributed by atoms with Crippen molar-refractivity contribution in [1.82, 2.24) is 4.72 Å². The summed E-state index contributed by atoms with van der Waals surface area (Å²) in [6.45, 7) is 0. The number of phenolic OH excluding ortho intramolecular Hbond substituents is 1. The maximum Gasteiger partial charge on any atom is 0.256 e. The summed E-state index contributed by atoms with van der Waals surface area (Å²) in [6, 6.07) is 8.81. The molecule has 1 amide bonds. The molecule has 0 aromatic heterocycles. The molecule has 1 heterocycles. The van der Waals surface area contributed by atoms with Gasteiger partial charge in [0.2, 0.25) is 10.0 Å². The Balaban J connectivity index is 2.16. The van der Waals surface area contributed by atoms with Gasteiger partial charge in [0.25, 0.3) is 5.91 Å². The van der Waals surface area contributed by atoms with Gasteiger partial charge < -0.3 is 10.4 Å². The first kappa shape index (κ1) is 16.5. The first-order valence-electron chi connectivity index (χ1n) is 6.91. The highest BCUT2D eigenvalue weighted by Gasteiger charge is 2.26. The molecule has 0 unspecified atom stereocenters. The van der Waals surface area contributed by atoms with Crippen LogP contribution in [0.1, 0.15) is 11.1 Å². The van der Waals surface area contributed by atoms with Gasteiger partial charge in [-0.15, -0.1) is 0 Å². The van der Waals surface area contributed by atoms with Gasteiger partial charge in [0.1, 0.15) is 5.75 Å². The number of phenols is 1. The van der Waals surface area contributed by atoms with E-state index in [2.05, 4.69) is 10.0 Å². The molecule has 8 heteroatoms. The number of nitrogens with one attached hydrogen (secondary N) is 2. The molecule has 0 spiro atoms. The molecule has 1 aliphatic rings. The van der Waals surface area contributed by atoms with Crippen molar-refractivity contribution in [2.24, 2.45) is 0 Å². The topological polar surface area (TPSA) is 95.5 Å². The Labute approximate surface area is 143 Å². The van der Waals surface area contributed by atoms with Gasteiger partial charge in [-0.2, -0.15) is 0 Å². The van der Waals surface area contributed by atoms with Crippen molar-refractivity contribution in [2.45, 2.75) is 4.90 Å². The predicted molar refractivity (Wildman–Crippen MR) is 92.3 cm³/mol. The molecule has 0 saturated heterocycles. The van der Waals surface area contributed by atoms with E-state index in [9.17, 15) is 18.3 Å². The maximum atomic E-state index is 12.2. The summed E-state index contributed by atoms with van der Waals surface area (Å²) in [5.41, 5.74) is 1.55. The molecule has 0 fully saturated rings. The number of amides is 1. The van der Waals surface area contributed by atoms with Crippen LogP contribution < -0.4 is 10.0 Å². The van der Waals surface area contributed by atoms with Crippen molar-refractivity contribution < 1.29 is 18.3 Å². The summed E-state index contributed by atoms with van der Waals surface area (Å²) >= 11 is 5.91. The molecule has 124 valence electrons. The van der Waals surface area contributed by atoms with Gasteiger partial charge in [0, 0.05) is 27.4 Å². The summed E-state index contributed by atoms with van der Waals surface area (Å²) in [6.07, 6.45) is 1.47. The van der Waals surface area contributed by atoms with E-state index in [1.54, 1.807) is 0 Å². The second-order valence-electron chi connectivity index (χ2n) is 5.13. The van der Waals surface area contributed by atoms with Gasteiger partial charge in [-0.3, -0.25) is 4.79 Å². The molecule has 0 aliphatic carbocycles. The maximum absolute atomic E-state index is 12.2. The van der Waals surface area contributed by atoms with Crippen LogP contribution in [-0.2, 0) is 14.8 Å². The predicted octanol–water partition coefficient (Wildman–Crippen LogP) is 2.45. The number of rotatable bonds is 3. The summed E-state index contributed by atoms with van der Waals surface area (Å²) in [5.74, 6) is -0.421. The SMILES string of the molecule is CNS(=O)(=O)c1ccc2c(c1)C(=Cc1cc(Cl)ccc1O)C(=O)N2. The van der Waals surface area contributed by atoms with Gasteiger partial charge in [-0.25, -0.2) is 13.1 Å². The fourth-order valence-corrected chi connectivity index (χ4v) is 3.33. The third-order valence-electron chi connectivity index (χ3n) is 3.64. The van der Waals surface area contributed by atoms with Crippen molar-refractivity contribution in [3.8, 4) is 5.75 Å². The number of fused-ring (bicyclic) bond motifs is 1. The van der Waals surface area contributed by atoms with Crippen LogP contribution in [0, 0.1) is 0 Å². The van der Waals surface area contributed by atoms with Crippen LogP contribution in [0.4, 0.5) is 5.69 Å². The average Bonchev–Trinajstić information content (AvgIpc) is 2.86. The van der Waals surface area contributed by atoms with E-state index >= 15 is 0 Å². The molecular weight excluding hydrogens is 352 g/mol. The average molecular weight is 365 g/mol. The number of sulfonamides is 1. The van der Waals surface area contributed by atoms with E-state index in [1.807, 2.05) is 0 Å². The van der Waals surface area contributed by atoms with Crippen molar-refractivity contribution in [2.75, 3.05) is 12.4 Å². The smallest absolute Gasteiger partial charge is 0.256 e. The fourth-order valence-electron chi connectivity index (χ4n) is 2.39. The molecular formula is C16H13ClN2O4S. The number of hydrogen-bond acceptors (Lipinski definition) is 4. The van der Waals surface area contributed by atoms with Gasteiger partial charge in [-0.1, -0.05) is 11.6 Å². The van der Waals surface area contributed by atoms with Crippen LogP contribution in [-0.4, -0.2) is 26.5 Å². The molecule has 0 atom stereocenters. The Bertz CT molecular complexity index is 984. The normalized spacial score (nSPS) is 15.4. The van der Waals surface area contributed by atoms with Gasteiger partial charge in [-0.05, 0) is 49.5 Å². The van der Waals surface area contributed by atoms with Crippen LogP contribution in [0.2, 0.25) is 5.02 Å². The lowest BCUT2D eigenvalue weighted by Crippen LogP contribution is -2.18. The largest absolute Gasteiger partial charge is 0.507 e. The Morgan fingerprint density at radius 3 is 2.67 bits per heavy atom. The van der Waals surface area contributed by atoms with Crippen LogP contribution >= 0.6 is 11.6 Å².